The summed E-state index contributed by atoms with van der Waals surface area (Å²) in [6.07, 6.45) is 6.78. The molecular weight excluding hydrogens is 340 g/mol. The van der Waals surface area contributed by atoms with E-state index >= 15 is 0 Å². The fourth-order valence-corrected chi connectivity index (χ4v) is 3.08. The molecule has 1 N–H and O–H groups in total. The third-order valence-electron chi connectivity index (χ3n) is 4.51. The van der Waals surface area contributed by atoms with Crippen LogP contribution in [0.3, 0.4) is 0 Å². The normalized spacial score (nSPS) is 11.6. The van der Waals surface area contributed by atoms with Gasteiger partial charge in [0.1, 0.15) is 11.3 Å². The van der Waals surface area contributed by atoms with Gasteiger partial charge in [-0.05, 0) is 62.6 Å². The van der Waals surface area contributed by atoms with Crippen molar-refractivity contribution in [2.75, 3.05) is 6.61 Å². The lowest BCUT2D eigenvalue weighted by Gasteiger charge is -2.14. The standard InChI is InChI=1S/C22H24N2O3/c1-5-26-21-16(4)22-19(15(3)13-27-22)11-18(21)14(2)10-20(25)24-12-17-6-8-23-9-7-17/h6-11,13H,5,12H2,1-4H3,(H,24,25)/b14-10+. The Morgan fingerprint density at radius 1 is 1.30 bits per heavy atom. The average molecular weight is 364 g/mol. The topological polar surface area (TPSA) is 64.4 Å². The average Bonchev–Trinajstić information content (AvgIpc) is 3.04. The predicted octanol–water partition coefficient (Wildman–Crippen LogP) is 4.56. The van der Waals surface area contributed by atoms with Gasteiger partial charge in [0.25, 0.3) is 0 Å². The van der Waals surface area contributed by atoms with Gasteiger partial charge >= 0.3 is 0 Å². The molecule has 0 fully saturated rings. The number of aromatic nitrogens is 1. The van der Waals surface area contributed by atoms with Gasteiger partial charge in [0.15, 0.2) is 0 Å². The second-order valence-electron chi connectivity index (χ2n) is 6.51. The van der Waals surface area contributed by atoms with Gasteiger partial charge < -0.3 is 14.5 Å². The Hall–Kier alpha value is -3.08. The number of aryl methyl sites for hydroxylation is 2. The van der Waals surface area contributed by atoms with E-state index in [9.17, 15) is 4.79 Å². The Morgan fingerprint density at radius 3 is 2.74 bits per heavy atom. The van der Waals surface area contributed by atoms with Gasteiger partial charge in [0, 0.05) is 41.5 Å². The number of fused-ring (bicyclic) bond motifs is 1. The number of rotatable bonds is 6. The molecule has 27 heavy (non-hydrogen) atoms. The molecule has 0 spiro atoms. The van der Waals surface area contributed by atoms with E-state index in [1.54, 1.807) is 24.7 Å². The van der Waals surface area contributed by atoms with Crippen molar-refractivity contribution in [3.05, 3.63) is 65.2 Å². The molecule has 3 rings (SSSR count). The van der Waals surface area contributed by atoms with Crippen molar-refractivity contribution in [1.82, 2.24) is 10.3 Å². The van der Waals surface area contributed by atoms with Gasteiger partial charge in [-0.15, -0.1) is 0 Å². The summed E-state index contributed by atoms with van der Waals surface area (Å²) in [5, 5.41) is 3.94. The number of hydrogen-bond donors (Lipinski definition) is 1. The van der Waals surface area contributed by atoms with Crippen molar-refractivity contribution in [3.63, 3.8) is 0 Å². The van der Waals surface area contributed by atoms with Crippen LogP contribution >= 0.6 is 0 Å². The van der Waals surface area contributed by atoms with Gasteiger partial charge in [-0.25, -0.2) is 0 Å². The number of nitrogens with one attached hydrogen (secondary N) is 1. The lowest BCUT2D eigenvalue weighted by atomic mass is 9.98. The molecule has 0 aliphatic heterocycles. The first-order valence-corrected chi connectivity index (χ1v) is 9.00. The number of nitrogens with zero attached hydrogens (tertiary/aromatic N) is 1. The maximum Gasteiger partial charge on any atom is 0.244 e. The number of amides is 1. The highest BCUT2D eigenvalue weighted by Gasteiger charge is 2.17. The molecule has 0 saturated carbocycles. The zero-order chi connectivity index (χ0) is 19.4. The van der Waals surface area contributed by atoms with Crippen LogP contribution < -0.4 is 10.1 Å². The monoisotopic (exact) mass is 364 g/mol. The van der Waals surface area contributed by atoms with Gasteiger partial charge in [0.2, 0.25) is 5.91 Å². The SMILES string of the molecule is CCOc1c(/C(C)=C/C(=O)NCc2ccncc2)cc2c(C)coc2c1C. The largest absolute Gasteiger partial charge is 0.493 e. The summed E-state index contributed by atoms with van der Waals surface area (Å²) in [6.45, 7) is 8.86. The van der Waals surface area contributed by atoms with Gasteiger partial charge in [-0.1, -0.05) is 0 Å². The van der Waals surface area contributed by atoms with Crippen molar-refractivity contribution >= 4 is 22.4 Å². The number of allylic oxidation sites excluding steroid dienone is 1. The number of furan rings is 1. The van der Waals surface area contributed by atoms with Crippen LogP contribution in [-0.2, 0) is 11.3 Å². The van der Waals surface area contributed by atoms with Crippen LogP contribution in [0.1, 0.15) is 36.1 Å². The number of benzene rings is 1. The Bertz CT molecular complexity index is 988. The Balaban J connectivity index is 1.90. The Labute approximate surface area is 159 Å². The summed E-state index contributed by atoms with van der Waals surface area (Å²) in [5.41, 5.74) is 5.59. The second kappa shape index (κ2) is 8.08. The van der Waals surface area contributed by atoms with Crippen LogP contribution in [0.25, 0.3) is 16.5 Å². The molecule has 0 radical (unpaired) electrons. The number of ether oxygens (including phenoxy) is 1. The molecule has 0 saturated heterocycles. The molecule has 140 valence electrons. The van der Waals surface area contributed by atoms with Crippen molar-refractivity contribution in [2.45, 2.75) is 34.2 Å². The lowest BCUT2D eigenvalue weighted by Crippen LogP contribution is -2.20. The lowest BCUT2D eigenvalue weighted by molar-refractivity contribution is -0.116. The number of carbonyl (C=O) groups is 1. The first-order chi connectivity index (χ1) is 13.0. The summed E-state index contributed by atoms with van der Waals surface area (Å²) in [4.78, 5) is 16.3. The molecule has 0 aliphatic rings. The summed E-state index contributed by atoms with van der Waals surface area (Å²) in [6, 6.07) is 5.79. The summed E-state index contributed by atoms with van der Waals surface area (Å²) in [5.74, 6) is 0.614. The van der Waals surface area contributed by atoms with Crippen LogP contribution in [0.2, 0.25) is 0 Å². The molecule has 0 atom stereocenters. The van der Waals surface area contributed by atoms with Crippen molar-refractivity contribution < 1.29 is 13.9 Å². The molecule has 1 amide bonds. The third kappa shape index (κ3) is 4.03. The summed E-state index contributed by atoms with van der Waals surface area (Å²) < 4.78 is 11.6. The van der Waals surface area contributed by atoms with E-state index in [4.69, 9.17) is 9.15 Å². The highest BCUT2D eigenvalue weighted by Crippen LogP contribution is 2.37. The van der Waals surface area contributed by atoms with Crippen LogP contribution in [0.15, 0.2) is 47.3 Å². The van der Waals surface area contributed by atoms with Gasteiger partial charge in [0.05, 0.1) is 12.9 Å². The predicted molar refractivity (Wildman–Crippen MR) is 107 cm³/mol. The number of pyridine rings is 1. The zero-order valence-electron chi connectivity index (χ0n) is 16.1. The van der Waals surface area contributed by atoms with Crippen molar-refractivity contribution in [2.24, 2.45) is 0 Å². The highest BCUT2D eigenvalue weighted by atomic mass is 16.5. The maximum absolute atomic E-state index is 12.4. The molecule has 1 aromatic carbocycles. The molecule has 3 aromatic rings. The molecular formula is C22H24N2O3. The second-order valence-corrected chi connectivity index (χ2v) is 6.51. The minimum atomic E-state index is -0.145. The molecule has 2 heterocycles. The highest BCUT2D eigenvalue weighted by molar-refractivity contribution is 5.98. The minimum absolute atomic E-state index is 0.145. The van der Waals surface area contributed by atoms with E-state index in [2.05, 4.69) is 10.3 Å². The number of hydrogen-bond acceptors (Lipinski definition) is 4. The number of carbonyl (C=O) groups excluding carboxylic acids is 1. The molecule has 2 aromatic heterocycles. The fraction of sp³-hybridized carbons (Fsp3) is 0.273. The van der Waals surface area contributed by atoms with E-state index in [0.29, 0.717) is 13.2 Å². The van der Waals surface area contributed by atoms with Crippen LogP contribution in [-0.4, -0.2) is 17.5 Å². The summed E-state index contributed by atoms with van der Waals surface area (Å²) >= 11 is 0. The molecule has 5 heteroatoms. The molecule has 0 bridgehead atoms. The van der Waals surface area contributed by atoms with E-state index in [-0.39, 0.29) is 5.91 Å². The van der Waals surface area contributed by atoms with Crippen LogP contribution in [0.5, 0.6) is 5.75 Å². The van der Waals surface area contributed by atoms with Gasteiger partial charge in [-0.2, -0.15) is 0 Å². The van der Waals surface area contributed by atoms with Crippen molar-refractivity contribution in [3.8, 4) is 5.75 Å². The molecule has 5 nitrogen and oxygen atoms in total. The van der Waals surface area contributed by atoms with Crippen LogP contribution in [0.4, 0.5) is 0 Å². The van der Waals surface area contributed by atoms with E-state index in [1.165, 1.54) is 0 Å². The zero-order valence-corrected chi connectivity index (χ0v) is 16.1. The molecule has 0 aliphatic carbocycles. The molecule has 0 unspecified atom stereocenters. The first kappa shape index (κ1) is 18.7. The third-order valence-corrected chi connectivity index (χ3v) is 4.51. The van der Waals surface area contributed by atoms with Crippen LogP contribution in [0, 0.1) is 13.8 Å². The van der Waals surface area contributed by atoms with Crippen molar-refractivity contribution in [1.29, 1.82) is 0 Å². The quantitative estimate of drug-likeness (QED) is 0.651. The summed E-state index contributed by atoms with van der Waals surface area (Å²) in [7, 11) is 0. The van der Waals surface area contributed by atoms with E-state index < -0.39 is 0 Å². The Morgan fingerprint density at radius 2 is 2.04 bits per heavy atom. The first-order valence-electron chi connectivity index (χ1n) is 9.00. The maximum atomic E-state index is 12.4. The minimum Gasteiger partial charge on any atom is -0.493 e. The fourth-order valence-electron chi connectivity index (χ4n) is 3.08. The van der Waals surface area contributed by atoms with Gasteiger partial charge in [-0.3, -0.25) is 9.78 Å². The Kier molecular flexibility index (Phi) is 5.60. The smallest absolute Gasteiger partial charge is 0.244 e. The van der Waals surface area contributed by atoms with E-state index in [1.807, 2.05) is 45.9 Å². The van der Waals surface area contributed by atoms with E-state index in [0.717, 1.165) is 44.5 Å².